The molecule has 1 N–H and O–H groups in total. The first-order valence-electron chi connectivity index (χ1n) is 6.74. The first-order chi connectivity index (χ1) is 8.67. The molecule has 3 heteroatoms. The second-order valence-corrected chi connectivity index (χ2v) is 4.97. The minimum absolute atomic E-state index is 0.217. The smallest absolute Gasteiger partial charge is 0.227 e. The van der Waals surface area contributed by atoms with Crippen LogP contribution in [0.15, 0.2) is 18.2 Å². The van der Waals surface area contributed by atoms with E-state index >= 15 is 0 Å². The van der Waals surface area contributed by atoms with Crippen LogP contribution >= 0.6 is 0 Å². The topological polar surface area (TPSA) is 32.3 Å². The van der Waals surface area contributed by atoms with Crippen LogP contribution in [0.4, 0.5) is 5.69 Å². The summed E-state index contributed by atoms with van der Waals surface area (Å²) in [5.41, 5.74) is 3.70. The number of anilines is 1. The zero-order chi connectivity index (χ0) is 13.1. The van der Waals surface area contributed by atoms with Gasteiger partial charge in [0.05, 0.1) is 0 Å². The summed E-state index contributed by atoms with van der Waals surface area (Å²) in [6, 6.07) is 6.91. The van der Waals surface area contributed by atoms with Gasteiger partial charge in [-0.3, -0.25) is 4.79 Å². The van der Waals surface area contributed by atoms with Gasteiger partial charge < -0.3 is 10.2 Å². The Morgan fingerprint density at radius 2 is 2.17 bits per heavy atom. The molecule has 98 valence electrons. The number of benzene rings is 1. The van der Waals surface area contributed by atoms with E-state index in [0.29, 0.717) is 12.5 Å². The van der Waals surface area contributed by atoms with Crippen LogP contribution < -0.4 is 10.2 Å². The standard InChI is InChI=1S/C15H22N2O/c1-4-5-13(16-2)11-6-8-14-12(10-11)7-9-15(18)17(14)3/h6,8,10,13,16H,4-5,7,9H2,1-3H3. The summed E-state index contributed by atoms with van der Waals surface area (Å²) in [4.78, 5) is 13.4. The lowest BCUT2D eigenvalue weighted by Gasteiger charge is -2.27. The minimum Gasteiger partial charge on any atom is -0.315 e. The van der Waals surface area contributed by atoms with Crippen molar-refractivity contribution in [3.8, 4) is 0 Å². The maximum atomic E-state index is 11.6. The molecule has 2 rings (SSSR count). The summed E-state index contributed by atoms with van der Waals surface area (Å²) in [5, 5.41) is 3.37. The van der Waals surface area contributed by atoms with Gasteiger partial charge in [0.2, 0.25) is 5.91 Å². The second-order valence-electron chi connectivity index (χ2n) is 4.97. The minimum atomic E-state index is 0.217. The zero-order valence-electron chi connectivity index (χ0n) is 11.5. The molecule has 1 aliphatic heterocycles. The Balaban J connectivity index is 2.30. The first kappa shape index (κ1) is 13.1. The fraction of sp³-hybridized carbons (Fsp3) is 0.533. The number of hydrogen-bond donors (Lipinski definition) is 1. The maximum Gasteiger partial charge on any atom is 0.227 e. The van der Waals surface area contributed by atoms with E-state index in [1.54, 1.807) is 4.90 Å². The lowest BCUT2D eigenvalue weighted by molar-refractivity contribution is -0.118. The van der Waals surface area contributed by atoms with Crippen LogP contribution in [0.2, 0.25) is 0 Å². The third-order valence-electron chi connectivity index (χ3n) is 3.78. The van der Waals surface area contributed by atoms with Gasteiger partial charge in [0.25, 0.3) is 0 Å². The molecule has 1 heterocycles. The van der Waals surface area contributed by atoms with Crippen molar-refractivity contribution in [3.63, 3.8) is 0 Å². The molecule has 18 heavy (non-hydrogen) atoms. The molecule has 1 aliphatic rings. The van der Waals surface area contributed by atoms with Crippen LogP contribution in [0.1, 0.15) is 43.4 Å². The molecule has 0 radical (unpaired) electrons. The average molecular weight is 246 g/mol. The number of rotatable bonds is 4. The van der Waals surface area contributed by atoms with Gasteiger partial charge in [0.1, 0.15) is 0 Å². The molecule has 1 amide bonds. The number of nitrogens with one attached hydrogen (secondary N) is 1. The third kappa shape index (κ3) is 2.41. The van der Waals surface area contributed by atoms with E-state index in [9.17, 15) is 4.79 Å². The molecule has 0 saturated heterocycles. The Labute approximate surface area is 109 Å². The number of amides is 1. The Hall–Kier alpha value is -1.35. The van der Waals surface area contributed by atoms with Crippen molar-refractivity contribution in [1.82, 2.24) is 5.32 Å². The molecule has 1 aromatic rings. The van der Waals surface area contributed by atoms with Gasteiger partial charge in [-0.15, -0.1) is 0 Å². The molecule has 0 aromatic heterocycles. The summed E-state index contributed by atoms with van der Waals surface area (Å²) in [6.07, 6.45) is 3.81. The van der Waals surface area contributed by atoms with E-state index < -0.39 is 0 Å². The molecule has 1 unspecified atom stereocenters. The summed E-state index contributed by atoms with van der Waals surface area (Å²) in [7, 11) is 3.87. The van der Waals surface area contributed by atoms with Gasteiger partial charge in [-0.2, -0.15) is 0 Å². The van der Waals surface area contributed by atoms with Crippen LogP contribution in [0.25, 0.3) is 0 Å². The number of fused-ring (bicyclic) bond motifs is 1. The summed E-state index contributed by atoms with van der Waals surface area (Å²) in [5.74, 6) is 0.217. The van der Waals surface area contributed by atoms with Crippen LogP contribution in [0.3, 0.4) is 0 Å². The summed E-state index contributed by atoms with van der Waals surface area (Å²) in [6.45, 7) is 2.20. The van der Waals surface area contributed by atoms with E-state index in [1.807, 2.05) is 14.1 Å². The number of hydrogen-bond acceptors (Lipinski definition) is 2. The van der Waals surface area contributed by atoms with Crippen molar-refractivity contribution in [2.24, 2.45) is 0 Å². The third-order valence-corrected chi connectivity index (χ3v) is 3.78. The highest BCUT2D eigenvalue weighted by Crippen LogP contribution is 2.30. The normalized spacial score (nSPS) is 16.6. The SMILES string of the molecule is CCCC(NC)c1ccc2c(c1)CCC(=O)N2C. The average Bonchev–Trinajstić information content (AvgIpc) is 2.40. The molecule has 0 saturated carbocycles. The highest BCUT2D eigenvalue weighted by molar-refractivity contribution is 5.95. The van der Waals surface area contributed by atoms with Crippen molar-refractivity contribution in [3.05, 3.63) is 29.3 Å². The van der Waals surface area contributed by atoms with Gasteiger partial charge in [-0.1, -0.05) is 25.5 Å². The molecule has 0 aliphatic carbocycles. The van der Waals surface area contributed by atoms with Crippen molar-refractivity contribution in [2.75, 3.05) is 19.0 Å². The fourth-order valence-corrected chi connectivity index (χ4v) is 2.66. The predicted octanol–water partition coefficient (Wildman–Crippen LogP) is 2.66. The lowest BCUT2D eigenvalue weighted by Crippen LogP contribution is -2.31. The van der Waals surface area contributed by atoms with E-state index in [1.165, 1.54) is 17.5 Å². The monoisotopic (exact) mass is 246 g/mol. The Bertz CT molecular complexity index is 442. The number of carbonyl (C=O) groups excluding carboxylic acids is 1. The van der Waals surface area contributed by atoms with Gasteiger partial charge in [-0.25, -0.2) is 0 Å². The van der Waals surface area contributed by atoms with Crippen molar-refractivity contribution in [2.45, 2.75) is 38.6 Å². The van der Waals surface area contributed by atoms with Gasteiger partial charge in [0, 0.05) is 25.2 Å². The van der Waals surface area contributed by atoms with E-state index in [-0.39, 0.29) is 5.91 Å². The van der Waals surface area contributed by atoms with E-state index in [2.05, 4.69) is 30.4 Å². The van der Waals surface area contributed by atoms with Gasteiger partial charge >= 0.3 is 0 Å². The fourth-order valence-electron chi connectivity index (χ4n) is 2.66. The molecule has 0 spiro atoms. The Morgan fingerprint density at radius 1 is 1.39 bits per heavy atom. The lowest BCUT2D eigenvalue weighted by atomic mass is 9.95. The van der Waals surface area contributed by atoms with Gasteiger partial charge in [0.15, 0.2) is 0 Å². The van der Waals surface area contributed by atoms with Crippen molar-refractivity contribution < 1.29 is 4.79 Å². The zero-order valence-corrected chi connectivity index (χ0v) is 11.5. The predicted molar refractivity (Wildman–Crippen MR) is 74.9 cm³/mol. The highest BCUT2D eigenvalue weighted by atomic mass is 16.2. The quantitative estimate of drug-likeness (QED) is 0.886. The maximum absolute atomic E-state index is 11.6. The molecular formula is C15H22N2O. The van der Waals surface area contributed by atoms with Crippen LogP contribution in [0, 0.1) is 0 Å². The Kier molecular flexibility index (Phi) is 4.02. The molecular weight excluding hydrogens is 224 g/mol. The first-order valence-corrected chi connectivity index (χ1v) is 6.74. The second kappa shape index (κ2) is 5.53. The van der Waals surface area contributed by atoms with Crippen LogP contribution in [0.5, 0.6) is 0 Å². The molecule has 0 bridgehead atoms. The van der Waals surface area contributed by atoms with Crippen molar-refractivity contribution >= 4 is 11.6 Å². The number of aryl methyl sites for hydroxylation is 1. The van der Waals surface area contributed by atoms with E-state index in [0.717, 1.165) is 18.5 Å². The van der Waals surface area contributed by atoms with Crippen molar-refractivity contribution in [1.29, 1.82) is 0 Å². The van der Waals surface area contributed by atoms with Gasteiger partial charge in [-0.05, 0) is 37.1 Å². The number of nitrogens with zero attached hydrogens (tertiary/aromatic N) is 1. The number of carbonyl (C=O) groups is 1. The molecule has 1 aromatic carbocycles. The summed E-state index contributed by atoms with van der Waals surface area (Å²) < 4.78 is 0. The Morgan fingerprint density at radius 3 is 2.83 bits per heavy atom. The van der Waals surface area contributed by atoms with E-state index in [4.69, 9.17) is 0 Å². The van der Waals surface area contributed by atoms with Crippen LogP contribution in [-0.4, -0.2) is 20.0 Å². The highest BCUT2D eigenvalue weighted by Gasteiger charge is 2.21. The molecule has 1 atom stereocenters. The summed E-state index contributed by atoms with van der Waals surface area (Å²) >= 11 is 0. The van der Waals surface area contributed by atoms with Crippen LogP contribution in [-0.2, 0) is 11.2 Å². The molecule has 3 nitrogen and oxygen atoms in total. The largest absolute Gasteiger partial charge is 0.315 e. The molecule has 0 fully saturated rings.